The molecule has 2 aliphatic rings. The van der Waals surface area contributed by atoms with Gasteiger partial charge in [0, 0.05) is 11.6 Å². The van der Waals surface area contributed by atoms with Gasteiger partial charge in [0.15, 0.2) is 11.4 Å². The topological polar surface area (TPSA) is 55.5 Å². The summed E-state index contributed by atoms with van der Waals surface area (Å²) in [5, 5.41) is 4.16. The Labute approximate surface area is 140 Å². The molecule has 0 spiro atoms. The molecule has 6 heteroatoms. The molecule has 3 rings (SSSR count). The van der Waals surface area contributed by atoms with Crippen LogP contribution in [0.5, 0.6) is 0 Å². The number of rotatable bonds is 3. The maximum atomic E-state index is 13.3. The molecule has 4 nitrogen and oxygen atoms in total. The van der Waals surface area contributed by atoms with Crippen LogP contribution in [0.25, 0.3) is 0 Å². The van der Waals surface area contributed by atoms with Gasteiger partial charge in [0.05, 0.1) is 0 Å². The highest BCUT2D eigenvalue weighted by Gasteiger charge is 2.45. The van der Waals surface area contributed by atoms with Crippen molar-refractivity contribution in [3.05, 3.63) is 41.1 Å². The van der Waals surface area contributed by atoms with Crippen molar-refractivity contribution in [3.63, 3.8) is 0 Å². The predicted octanol–water partition coefficient (Wildman–Crippen LogP) is 3.41. The summed E-state index contributed by atoms with van der Waals surface area (Å²) in [5.74, 6) is -0.589. The summed E-state index contributed by atoms with van der Waals surface area (Å²) in [6.07, 6.45) is -0.427. The number of hydrogen-bond acceptors (Lipinski definition) is 2. The third-order valence-electron chi connectivity index (χ3n) is 5.05. The highest BCUT2D eigenvalue weighted by molar-refractivity contribution is 6.23. The van der Waals surface area contributed by atoms with Gasteiger partial charge < -0.3 is 5.73 Å². The molecule has 1 unspecified atom stereocenters. The van der Waals surface area contributed by atoms with Crippen LogP contribution in [-0.4, -0.2) is 25.1 Å². The summed E-state index contributed by atoms with van der Waals surface area (Å²) in [6.45, 7) is 6.50. The van der Waals surface area contributed by atoms with Crippen LogP contribution in [0, 0.1) is 0 Å². The van der Waals surface area contributed by atoms with Gasteiger partial charge in [0.2, 0.25) is 0 Å². The zero-order valence-corrected chi connectivity index (χ0v) is 14.3. The monoisotopic (exact) mass is 334 g/mol. The first-order chi connectivity index (χ1) is 11.1. The average molecular weight is 334 g/mol. The number of hydrogen-bond donors (Lipinski definition) is 1. The van der Waals surface area contributed by atoms with Crippen LogP contribution < -0.4 is 10.3 Å². The number of carbonyl (C=O) groups is 1. The zero-order chi connectivity index (χ0) is 17.9. The predicted molar refractivity (Wildman–Crippen MR) is 90.9 cm³/mol. The molecule has 1 aliphatic carbocycles. The van der Waals surface area contributed by atoms with Crippen molar-refractivity contribution in [1.29, 1.82) is 0 Å². The Morgan fingerprint density at radius 3 is 2.62 bits per heavy atom. The van der Waals surface area contributed by atoms with E-state index in [9.17, 15) is 13.6 Å². The first kappa shape index (κ1) is 16.8. The molecule has 0 saturated heterocycles. The molecular formula is C18H22F2N3O+. The summed E-state index contributed by atoms with van der Waals surface area (Å²) < 4.78 is 26.4. The molecule has 1 heterocycles. The standard InChI is InChI=1S/C18H21F2N3O/c1-10-8-18(2,3)12-6-5-7-13(14(10)12)23(4)9-11(17(21)24)15(22-23)16(19)20/h5-7,9-10,16H,8H2,1-4H3,(H-,21,24)/p+1/t10-,23?/m0/s1. The molecule has 24 heavy (non-hydrogen) atoms. The lowest BCUT2D eigenvalue weighted by molar-refractivity contribution is -0.114. The van der Waals surface area contributed by atoms with Crippen LogP contribution in [0.15, 0.2) is 35.1 Å². The van der Waals surface area contributed by atoms with E-state index in [1.165, 1.54) is 11.8 Å². The molecule has 0 aromatic heterocycles. The second kappa shape index (κ2) is 5.21. The summed E-state index contributed by atoms with van der Waals surface area (Å²) in [6, 6.07) is 5.90. The third kappa shape index (κ3) is 2.36. The lowest BCUT2D eigenvalue weighted by atomic mass is 9.86. The number of benzene rings is 1. The quantitative estimate of drug-likeness (QED) is 0.846. The summed E-state index contributed by atoms with van der Waals surface area (Å²) >= 11 is 0. The van der Waals surface area contributed by atoms with E-state index in [1.807, 2.05) is 12.1 Å². The van der Waals surface area contributed by atoms with Crippen LogP contribution >= 0.6 is 0 Å². The van der Waals surface area contributed by atoms with Crippen molar-refractivity contribution in [2.45, 2.75) is 45.0 Å². The van der Waals surface area contributed by atoms with Gasteiger partial charge in [-0.3, -0.25) is 4.79 Å². The SMILES string of the molecule is C[C@H]1CC(C)(C)c2cccc([N+]3(C)C=C(C(N)=O)C(C(F)F)=N3)c21. The number of alkyl halides is 2. The Hall–Kier alpha value is -2.08. The Kier molecular flexibility index (Phi) is 3.64. The number of amides is 1. The van der Waals surface area contributed by atoms with Crippen molar-refractivity contribution in [1.82, 2.24) is 4.59 Å². The van der Waals surface area contributed by atoms with E-state index in [4.69, 9.17) is 5.73 Å². The minimum atomic E-state index is -2.84. The van der Waals surface area contributed by atoms with Crippen LogP contribution in [0.4, 0.5) is 14.5 Å². The number of fused-ring (bicyclic) bond motifs is 1. The normalized spacial score (nSPS) is 27.9. The van der Waals surface area contributed by atoms with Gasteiger partial charge in [-0.2, -0.15) is 0 Å². The summed E-state index contributed by atoms with van der Waals surface area (Å²) in [7, 11) is 1.70. The van der Waals surface area contributed by atoms with E-state index in [0.29, 0.717) is 0 Å². The maximum Gasteiger partial charge on any atom is 0.286 e. The second-order valence-corrected chi connectivity index (χ2v) is 7.45. The summed E-state index contributed by atoms with van der Waals surface area (Å²) in [4.78, 5) is 11.6. The molecular weight excluding hydrogens is 312 g/mol. The molecule has 1 amide bonds. The third-order valence-corrected chi connectivity index (χ3v) is 5.05. The van der Waals surface area contributed by atoms with Crippen molar-refractivity contribution in [2.24, 2.45) is 10.8 Å². The Balaban J connectivity index is 2.21. The molecule has 1 aromatic rings. The van der Waals surface area contributed by atoms with Crippen molar-refractivity contribution in [3.8, 4) is 0 Å². The van der Waals surface area contributed by atoms with Crippen LogP contribution in [0.1, 0.15) is 44.2 Å². The molecule has 0 fully saturated rings. The van der Waals surface area contributed by atoms with Gasteiger partial charge >= 0.3 is 0 Å². The number of nitrogens with zero attached hydrogens (tertiary/aromatic N) is 2. The zero-order valence-electron chi connectivity index (χ0n) is 14.3. The average Bonchev–Trinajstić information content (AvgIpc) is 2.96. The lowest BCUT2D eigenvalue weighted by Crippen LogP contribution is -2.32. The molecule has 0 bridgehead atoms. The number of nitrogens with two attached hydrogens (primary N) is 1. The van der Waals surface area contributed by atoms with Gasteiger partial charge in [-0.25, -0.2) is 8.78 Å². The number of halogens is 2. The van der Waals surface area contributed by atoms with Gasteiger partial charge in [-0.1, -0.05) is 38.0 Å². The molecule has 1 aliphatic heterocycles. The van der Waals surface area contributed by atoms with Crippen molar-refractivity contribution >= 4 is 17.3 Å². The van der Waals surface area contributed by atoms with Crippen LogP contribution in [0.2, 0.25) is 0 Å². The van der Waals surface area contributed by atoms with Crippen molar-refractivity contribution in [2.75, 3.05) is 7.05 Å². The highest BCUT2D eigenvalue weighted by Crippen LogP contribution is 2.51. The van der Waals surface area contributed by atoms with E-state index in [2.05, 4.69) is 31.9 Å². The lowest BCUT2D eigenvalue weighted by Gasteiger charge is -2.24. The Bertz CT molecular complexity index is 782. The number of carbonyl (C=O) groups excluding carboxylic acids is 1. The minimum Gasteiger partial charge on any atom is -0.365 e. The molecule has 2 N–H and O–H groups in total. The Morgan fingerprint density at radius 1 is 1.42 bits per heavy atom. The largest absolute Gasteiger partial charge is 0.365 e. The molecule has 128 valence electrons. The van der Waals surface area contributed by atoms with E-state index in [-0.39, 0.29) is 21.5 Å². The van der Waals surface area contributed by atoms with Gasteiger partial charge in [-0.15, -0.1) is 4.59 Å². The fourth-order valence-electron chi connectivity index (χ4n) is 4.13. The minimum absolute atomic E-state index is 0.0230. The van der Waals surface area contributed by atoms with Gasteiger partial charge in [0.25, 0.3) is 12.3 Å². The van der Waals surface area contributed by atoms with E-state index < -0.39 is 18.0 Å². The van der Waals surface area contributed by atoms with Gasteiger partial charge in [-0.05, 0) is 23.3 Å². The van der Waals surface area contributed by atoms with Gasteiger partial charge in [0.1, 0.15) is 18.8 Å². The first-order valence-electron chi connectivity index (χ1n) is 7.98. The van der Waals surface area contributed by atoms with Crippen LogP contribution in [0.3, 0.4) is 0 Å². The van der Waals surface area contributed by atoms with E-state index >= 15 is 0 Å². The number of primary amides is 1. The fourth-order valence-corrected chi connectivity index (χ4v) is 4.13. The van der Waals surface area contributed by atoms with E-state index in [0.717, 1.165) is 17.7 Å². The van der Waals surface area contributed by atoms with Crippen molar-refractivity contribution < 1.29 is 13.6 Å². The van der Waals surface area contributed by atoms with Crippen LogP contribution in [-0.2, 0) is 10.2 Å². The summed E-state index contributed by atoms with van der Waals surface area (Å²) in [5.41, 5.74) is 7.72. The highest BCUT2D eigenvalue weighted by atomic mass is 19.3. The number of quaternary nitrogens is 1. The molecule has 0 saturated carbocycles. The van der Waals surface area contributed by atoms with E-state index in [1.54, 1.807) is 7.05 Å². The first-order valence-corrected chi connectivity index (χ1v) is 7.98. The second-order valence-electron chi connectivity index (χ2n) is 7.45. The molecule has 2 atom stereocenters. The fraction of sp³-hybridized carbons (Fsp3) is 0.444. The molecule has 1 aromatic carbocycles. The Morgan fingerprint density at radius 2 is 2.08 bits per heavy atom. The maximum absolute atomic E-state index is 13.3. The smallest absolute Gasteiger partial charge is 0.286 e. The molecule has 0 radical (unpaired) electrons.